The maximum Gasteiger partial charge on any atom is 0.397 e. The van der Waals surface area contributed by atoms with E-state index in [4.69, 9.17) is 13.6 Å². The van der Waals surface area contributed by atoms with Crippen LogP contribution in [0.15, 0.2) is 30.3 Å². The highest BCUT2D eigenvalue weighted by atomic mass is 31.2. The van der Waals surface area contributed by atoms with Crippen LogP contribution in [0.5, 0.6) is 5.75 Å². The lowest BCUT2D eigenvalue weighted by Crippen LogP contribution is -2.25. The van der Waals surface area contributed by atoms with Gasteiger partial charge in [-0.3, -0.25) is 4.52 Å². The Hall–Kier alpha value is -1.41. The molecule has 1 aliphatic heterocycles. The second-order valence-electron chi connectivity index (χ2n) is 16.7. The first-order valence-corrected chi connectivity index (χ1v) is 16.9. The summed E-state index contributed by atoms with van der Waals surface area (Å²) in [5, 5.41) is 0. The minimum absolute atomic E-state index is 0.0000595. The fraction of sp³-hybridized carbons (Fsp3) is 0.676. The van der Waals surface area contributed by atoms with Crippen LogP contribution < -0.4 is 4.52 Å². The van der Waals surface area contributed by atoms with Crippen LogP contribution in [0.3, 0.4) is 0 Å². The minimum Gasteiger partial charge on any atom is -0.426 e. The van der Waals surface area contributed by atoms with Crippen molar-refractivity contribution in [2.45, 2.75) is 145 Å². The smallest absolute Gasteiger partial charge is 0.397 e. The Morgan fingerprint density at radius 1 is 0.732 bits per heavy atom. The highest BCUT2D eigenvalue weighted by Gasteiger charge is 2.39. The van der Waals surface area contributed by atoms with E-state index in [1.165, 1.54) is 47.1 Å². The Labute approximate surface area is 254 Å². The van der Waals surface area contributed by atoms with Crippen molar-refractivity contribution in [2.75, 3.05) is 6.61 Å². The fourth-order valence-electron chi connectivity index (χ4n) is 5.30. The maximum atomic E-state index is 6.94. The van der Waals surface area contributed by atoms with Crippen LogP contribution in [0.4, 0.5) is 0 Å². The molecular formula is C37H59O3P. The zero-order valence-electron chi connectivity index (χ0n) is 28.7. The molecule has 0 aromatic heterocycles. The molecule has 3 rings (SSSR count). The molecule has 0 aliphatic carbocycles. The zero-order chi connectivity index (χ0) is 31.0. The molecule has 2 aromatic rings. The first kappa shape index (κ1) is 34.1. The van der Waals surface area contributed by atoms with E-state index in [1.807, 2.05) is 0 Å². The van der Waals surface area contributed by atoms with Crippen LogP contribution in [0.1, 0.15) is 151 Å². The van der Waals surface area contributed by atoms with Gasteiger partial charge in [-0.25, -0.2) is 0 Å². The van der Waals surface area contributed by atoms with Gasteiger partial charge in [0, 0.05) is 11.1 Å². The summed E-state index contributed by atoms with van der Waals surface area (Å²) in [6, 6.07) is 11.7. The summed E-state index contributed by atoms with van der Waals surface area (Å²) in [5.41, 5.74) is 7.19. The maximum absolute atomic E-state index is 6.94. The second kappa shape index (κ2) is 12.7. The first-order chi connectivity index (χ1) is 18.7. The second-order valence-corrected chi connectivity index (χ2v) is 17.8. The van der Waals surface area contributed by atoms with Gasteiger partial charge in [-0.1, -0.05) is 140 Å². The Morgan fingerprint density at radius 3 is 1.90 bits per heavy atom. The van der Waals surface area contributed by atoms with Crippen molar-refractivity contribution in [1.29, 1.82) is 0 Å². The Bertz CT molecular complexity index is 1170. The standard InChI is InChI=1S/C37H59O3P/c1-25(2)18-16-15-17-21-38-41-39-32-29(23-27(35(6,7)8)24-31(32)36(9,10)11)28-20-19-26(34(3,4)5)22-30(28)33(40-41)37(12,13)14/h19-20,22-25,33H,15-18,21H2,1-14H3. The fourth-order valence-corrected chi connectivity index (χ4v) is 6.68. The van der Waals surface area contributed by atoms with Crippen LogP contribution in [0, 0.1) is 11.3 Å². The lowest BCUT2D eigenvalue weighted by atomic mass is 9.75. The van der Waals surface area contributed by atoms with Crippen LogP contribution in [-0.4, -0.2) is 6.61 Å². The number of hydrogen-bond donors (Lipinski definition) is 0. The van der Waals surface area contributed by atoms with Crippen LogP contribution in [-0.2, 0) is 25.3 Å². The van der Waals surface area contributed by atoms with Crippen molar-refractivity contribution < 1.29 is 13.6 Å². The largest absolute Gasteiger partial charge is 0.426 e. The summed E-state index contributed by atoms with van der Waals surface area (Å²) in [4.78, 5) is 0. The quantitative estimate of drug-likeness (QED) is 0.240. The molecule has 2 unspecified atom stereocenters. The van der Waals surface area contributed by atoms with Gasteiger partial charge in [0.15, 0.2) is 0 Å². The van der Waals surface area contributed by atoms with Crippen LogP contribution >= 0.6 is 8.60 Å². The Kier molecular flexibility index (Phi) is 10.5. The molecule has 1 aliphatic rings. The van der Waals surface area contributed by atoms with E-state index in [-0.39, 0.29) is 27.8 Å². The van der Waals surface area contributed by atoms with Crippen LogP contribution in [0.2, 0.25) is 0 Å². The lowest BCUT2D eigenvalue weighted by Gasteiger charge is -2.38. The number of benzene rings is 2. The molecule has 0 fully saturated rings. The summed E-state index contributed by atoms with van der Waals surface area (Å²) in [5.74, 6) is 1.65. The molecule has 1 heterocycles. The van der Waals surface area contributed by atoms with E-state index in [0.717, 1.165) is 23.7 Å². The van der Waals surface area contributed by atoms with Gasteiger partial charge in [-0.2, -0.15) is 0 Å². The van der Waals surface area contributed by atoms with Gasteiger partial charge < -0.3 is 9.05 Å². The predicted octanol–water partition coefficient (Wildman–Crippen LogP) is 12.2. The molecule has 0 spiro atoms. The van der Waals surface area contributed by atoms with Crippen molar-refractivity contribution >= 4 is 8.60 Å². The van der Waals surface area contributed by atoms with E-state index in [2.05, 4.69) is 127 Å². The molecule has 41 heavy (non-hydrogen) atoms. The van der Waals surface area contributed by atoms with E-state index in [0.29, 0.717) is 6.61 Å². The SMILES string of the molecule is CC(C)CCCCCOP1Oc2c(cc(C(C)(C)C)cc2C(C)(C)C)-c2ccc(C(C)(C)C)cc2C(C(C)(C)C)O1. The van der Waals surface area contributed by atoms with Crippen molar-refractivity contribution in [2.24, 2.45) is 11.3 Å². The van der Waals surface area contributed by atoms with Gasteiger partial charge in [-0.15, -0.1) is 0 Å². The predicted molar refractivity (Wildman–Crippen MR) is 178 cm³/mol. The van der Waals surface area contributed by atoms with Crippen LogP contribution in [0.25, 0.3) is 11.1 Å². The molecule has 4 heteroatoms. The zero-order valence-corrected chi connectivity index (χ0v) is 29.6. The van der Waals surface area contributed by atoms with Gasteiger partial charge in [0.2, 0.25) is 0 Å². The lowest BCUT2D eigenvalue weighted by molar-refractivity contribution is 0.0630. The molecule has 2 atom stereocenters. The topological polar surface area (TPSA) is 27.7 Å². The molecule has 0 bridgehead atoms. The van der Waals surface area contributed by atoms with E-state index < -0.39 is 8.60 Å². The average molecular weight is 583 g/mol. The summed E-state index contributed by atoms with van der Waals surface area (Å²) < 4.78 is 20.4. The van der Waals surface area contributed by atoms with Gasteiger partial charge in [0.1, 0.15) is 5.75 Å². The van der Waals surface area contributed by atoms with Gasteiger partial charge >= 0.3 is 8.60 Å². The highest BCUT2D eigenvalue weighted by Crippen LogP contribution is 2.58. The molecule has 0 saturated carbocycles. The van der Waals surface area contributed by atoms with E-state index >= 15 is 0 Å². The summed E-state index contributed by atoms with van der Waals surface area (Å²) in [6.07, 6.45) is 4.52. The van der Waals surface area contributed by atoms with Crippen molar-refractivity contribution in [3.63, 3.8) is 0 Å². The normalized spacial score (nSPS) is 18.4. The van der Waals surface area contributed by atoms with Crippen molar-refractivity contribution in [3.05, 3.63) is 52.6 Å². The van der Waals surface area contributed by atoms with Crippen molar-refractivity contribution in [3.8, 4) is 16.9 Å². The molecule has 230 valence electrons. The van der Waals surface area contributed by atoms with Gasteiger partial charge in [0.05, 0.1) is 12.7 Å². The number of hydrogen-bond acceptors (Lipinski definition) is 3. The monoisotopic (exact) mass is 582 g/mol. The van der Waals surface area contributed by atoms with Gasteiger partial charge in [-0.05, 0) is 62.3 Å². The molecule has 0 amide bonds. The third-order valence-electron chi connectivity index (χ3n) is 8.02. The Balaban J connectivity index is 2.23. The molecule has 0 N–H and O–H groups in total. The minimum atomic E-state index is -1.60. The van der Waals surface area contributed by atoms with Gasteiger partial charge in [0.25, 0.3) is 0 Å². The molecule has 0 saturated heterocycles. The highest BCUT2D eigenvalue weighted by molar-refractivity contribution is 7.42. The number of unbranched alkanes of at least 4 members (excludes halogenated alkanes) is 2. The first-order valence-electron chi connectivity index (χ1n) is 15.8. The molecule has 2 aromatic carbocycles. The number of rotatable bonds is 7. The Morgan fingerprint density at radius 2 is 1.37 bits per heavy atom. The molecule has 0 radical (unpaired) electrons. The summed E-state index contributed by atoms with van der Waals surface area (Å²) in [7, 11) is -1.60. The average Bonchev–Trinajstić information content (AvgIpc) is 2.79. The molecular weight excluding hydrogens is 523 g/mol. The van der Waals surface area contributed by atoms with E-state index in [1.54, 1.807) is 0 Å². The van der Waals surface area contributed by atoms with E-state index in [9.17, 15) is 0 Å². The number of fused-ring (bicyclic) bond motifs is 3. The van der Waals surface area contributed by atoms with Crippen molar-refractivity contribution in [1.82, 2.24) is 0 Å². The summed E-state index contributed by atoms with van der Waals surface area (Å²) >= 11 is 0. The third-order valence-corrected chi connectivity index (χ3v) is 9.13. The summed E-state index contributed by atoms with van der Waals surface area (Å²) in [6.45, 7) is 32.6. The third kappa shape index (κ3) is 8.81. The molecule has 3 nitrogen and oxygen atoms in total.